The molecular weight excluding hydrogens is 352 g/mol. The molecule has 0 unspecified atom stereocenters. The summed E-state index contributed by atoms with van der Waals surface area (Å²) in [6, 6.07) is 15.1. The molecule has 1 N–H and O–H groups in total. The molecule has 138 valence electrons. The average Bonchev–Trinajstić information content (AvgIpc) is 2.62. The van der Waals surface area contributed by atoms with E-state index in [4.69, 9.17) is 4.74 Å². The van der Waals surface area contributed by atoms with E-state index in [2.05, 4.69) is 5.32 Å². The Kier molecular flexibility index (Phi) is 5.41. The lowest BCUT2D eigenvalue weighted by Gasteiger charge is -2.34. The largest absolute Gasteiger partial charge is 0.373 e. The molecule has 1 saturated heterocycles. The minimum atomic E-state index is -3.58. The number of morpholine rings is 1. The minimum Gasteiger partial charge on any atom is -0.373 e. The Morgan fingerprint density at radius 2 is 1.58 bits per heavy atom. The summed E-state index contributed by atoms with van der Waals surface area (Å²) < 4.78 is 32.7. The second kappa shape index (κ2) is 7.57. The van der Waals surface area contributed by atoms with E-state index in [-0.39, 0.29) is 23.0 Å². The van der Waals surface area contributed by atoms with Crippen molar-refractivity contribution in [1.82, 2.24) is 4.31 Å². The van der Waals surface area contributed by atoms with Crippen molar-refractivity contribution in [2.75, 3.05) is 18.4 Å². The van der Waals surface area contributed by atoms with Crippen molar-refractivity contribution in [3.8, 4) is 0 Å². The van der Waals surface area contributed by atoms with Gasteiger partial charge >= 0.3 is 0 Å². The summed E-state index contributed by atoms with van der Waals surface area (Å²) in [4.78, 5) is 12.4. The van der Waals surface area contributed by atoms with Crippen molar-refractivity contribution in [3.63, 3.8) is 0 Å². The molecule has 0 aromatic heterocycles. The fourth-order valence-electron chi connectivity index (χ4n) is 2.98. The smallest absolute Gasteiger partial charge is 0.255 e. The van der Waals surface area contributed by atoms with Gasteiger partial charge in [0.05, 0.1) is 17.1 Å². The molecule has 0 aliphatic carbocycles. The molecule has 3 rings (SSSR count). The minimum absolute atomic E-state index is 0.141. The predicted octanol–water partition coefficient (Wildman–Crippen LogP) is 2.74. The van der Waals surface area contributed by atoms with E-state index < -0.39 is 10.0 Å². The molecule has 1 fully saturated rings. The first-order chi connectivity index (χ1) is 12.4. The maximum atomic E-state index is 12.8. The fourth-order valence-corrected chi connectivity index (χ4v) is 4.57. The number of carbonyl (C=O) groups excluding carboxylic acids is 1. The number of rotatable bonds is 4. The molecule has 6 nitrogen and oxygen atoms in total. The molecule has 1 heterocycles. The first-order valence-electron chi connectivity index (χ1n) is 8.48. The van der Waals surface area contributed by atoms with Gasteiger partial charge in [-0.25, -0.2) is 8.42 Å². The van der Waals surface area contributed by atoms with Crippen LogP contribution in [-0.2, 0) is 14.8 Å². The zero-order valence-electron chi connectivity index (χ0n) is 14.8. The van der Waals surface area contributed by atoms with Gasteiger partial charge in [-0.05, 0) is 50.2 Å². The van der Waals surface area contributed by atoms with Crippen LogP contribution in [-0.4, -0.2) is 43.9 Å². The summed E-state index contributed by atoms with van der Waals surface area (Å²) in [5.74, 6) is -0.239. The maximum Gasteiger partial charge on any atom is 0.255 e. The van der Waals surface area contributed by atoms with Crippen LogP contribution in [0.2, 0.25) is 0 Å². The number of anilines is 1. The maximum absolute atomic E-state index is 12.8. The molecular formula is C19H22N2O4S. The number of nitrogens with zero attached hydrogens (tertiary/aromatic N) is 1. The van der Waals surface area contributed by atoms with Crippen LogP contribution in [0.15, 0.2) is 59.5 Å². The second-order valence-corrected chi connectivity index (χ2v) is 8.36. The van der Waals surface area contributed by atoms with E-state index in [0.717, 1.165) is 0 Å². The van der Waals surface area contributed by atoms with Gasteiger partial charge in [-0.1, -0.05) is 18.2 Å². The van der Waals surface area contributed by atoms with Crippen molar-refractivity contribution in [1.29, 1.82) is 0 Å². The molecule has 26 heavy (non-hydrogen) atoms. The molecule has 0 saturated carbocycles. The summed E-state index contributed by atoms with van der Waals surface area (Å²) >= 11 is 0. The molecule has 2 aromatic rings. The third-order valence-electron chi connectivity index (χ3n) is 4.17. The van der Waals surface area contributed by atoms with Crippen LogP contribution >= 0.6 is 0 Å². The van der Waals surface area contributed by atoms with Crippen LogP contribution in [0, 0.1) is 0 Å². The van der Waals surface area contributed by atoms with Gasteiger partial charge in [-0.2, -0.15) is 4.31 Å². The summed E-state index contributed by atoms with van der Waals surface area (Å²) in [5, 5.41) is 2.76. The molecule has 1 aliphatic heterocycles. The Balaban J connectivity index is 1.73. The number of ether oxygens (including phenoxy) is 1. The van der Waals surface area contributed by atoms with E-state index in [1.54, 1.807) is 36.4 Å². The zero-order valence-corrected chi connectivity index (χ0v) is 15.6. The van der Waals surface area contributed by atoms with Gasteiger partial charge in [-0.3, -0.25) is 4.79 Å². The number of hydrogen-bond acceptors (Lipinski definition) is 4. The Morgan fingerprint density at radius 1 is 1.00 bits per heavy atom. The molecule has 2 aromatic carbocycles. The van der Waals surface area contributed by atoms with Crippen molar-refractivity contribution in [2.45, 2.75) is 31.0 Å². The predicted molar refractivity (Wildman–Crippen MR) is 99.6 cm³/mol. The van der Waals surface area contributed by atoms with Crippen molar-refractivity contribution < 1.29 is 17.9 Å². The highest BCUT2D eigenvalue weighted by molar-refractivity contribution is 7.89. The SMILES string of the molecule is C[C@H]1CN(S(=O)(=O)c2ccc(NC(=O)c3ccccc3)cc2)C[C@H](C)O1. The highest BCUT2D eigenvalue weighted by atomic mass is 32.2. The number of hydrogen-bond donors (Lipinski definition) is 1. The highest BCUT2D eigenvalue weighted by Gasteiger charge is 2.32. The topological polar surface area (TPSA) is 75.7 Å². The first-order valence-corrected chi connectivity index (χ1v) is 9.92. The normalized spacial score (nSPS) is 21.3. The monoisotopic (exact) mass is 374 g/mol. The van der Waals surface area contributed by atoms with E-state index in [1.165, 1.54) is 16.4 Å². The van der Waals surface area contributed by atoms with Crippen LogP contribution in [0.5, 0.6) is 0 Å². The summed E-state index contributed by atoms with van der Waals surface area (Å²) in [5.41, 5.74) is 1.09. The number of nitrogens with one attached hydrogen (secondary N) is 1. The van der Waals surface area contributed by atoms with Crippen LogP contribution in [0.3, 0.4) is 0 Å². The standard InChI is InChI=1S/C19H22N2O4S/c1-14-12-21(13-15(2)25-14)26(23,24)18-10-8-17(9-11-18)20-19(22)16-6-4-3-5-7-16/h3-11,14-15H,12-13H2,1-2H3,(H,20,22)/t14-,15-/m0/s1. The third-order valence-corrected chi connectivity index (χ3v) is 6.02. The molecule has 2 atom stereocenters. The fraction of sp³-hybridized carbons (Fsp3) is 0.316. The van der Waals surface area contributed by atoms with Crippen LogP contribution in [0.1, 0.15) is 24.2 Å². The van der Waals surface area contributed by atoms with Gasteiger partial charge in [-0.15, -0.1) is 0 Å². The van der Waals surface area contributed by atoms with E-state index in [1.807, 2.05) is 19.9 Å². The average molecular weight is 374 g/mol. The van der Waals surface area contributed by atoms with Crippen molar-refractivity contribution in [3.05, 3.63) is 60.2 Å². The van der Waals surface area contributed by atoms with Crippen LogP contribution in [0.25, 0.3) is 0 Å². The molecule has 0 spiro atoms. The Morgan fingerprint density at radius 3 is 2.15 bits per heavy atom. The Labute approximate surface area is 153 Å². The quantitative estimate of drug-likeness (QED) is 0.893. The Hall–Kier alpha value is -2.22. The van der Waals surface area contributed by atoms with Gasteiger partial charge in [0.15, 0.2) is 0 Å². The molecule has 7 heteroatoms. The highest BCUT2D eigenvalue weighted by Crippen LogP contribution is 2.22. The number of carbonyl (C=O) groups is 1. The van der Waals surface area contributed by atoms with Gasteiger partial charge in [0.2, 0.25) is 10.0 Å². The van der Waals surface area contributed by atoms with Crippen LogP contribution < -0.4 is 5.32 Å². The molecule has 1 aliphatic rings. The van der Waals surface area contributed by atoms with Gasteiger partial charge in [0, 0.05) is 24.3 Å². The summed E-state index contributed by atoms with van der Waals surface area (Å²) in [6.45, 7) is 4.39. The van der Waals surface area contributed by atoms with E-state index in [0.29, 0.717) is 24.3 Å². The van der Waals surface area contributed by atoms with Crippen LogP contribution in [0.4, 0.5) is 5.69 Å². The van der Waals surface area contributed by atoms with Gasteiger partial charge in [0.25, 0.3) is 5.91 Å². The van der Waals surface area contributed by atoms with Gasteiger partial charge < -0.3 is 10.1 Å². The number of benzene rings is 2. The second-order valence-electron chi connectivity index (χ2n) is 6.42. The Bertz CT molecular complexity index is 856. The first kappa shape index (κ1) is 18.6. The van der Waals surface area contributed by atoms with Gasteiger partial charge in [0.1, 0.15) is 0 Å². The number of sulfonamides is 1. The molecule has 0 bridgehead atoms. The summed E-state index contributed by atoms with van der Waals surface area (Å²) in [7, 11) is -3.58. The number of amides is 1. The summed E-state index contributed by atoms with van der Waals surface area (Å²) in [6.07, 6.45) is -0.282. The lowest BCUT2D eigenvalue weighted by atomic mass is 10.2. The zero-order chi connectivity index (χ0) is 18.7. The van der Waals surface area contributed by atoms with Crippen molar-refractivity contribution in [2.24, 2.45) is 0 Å². The lowest BCUT2D eigenvalue weighted by Crippen LogP contribution is -2.48. The third kappa shape index (κ3) is 4.12. The van der Waals surface area contributed by atoms with E-state index >= 15 is 0 Å². The van der Waals surface area contributed by atoms with E-state index in [9.17, 15) is 13.2 Å². The van der Waals surface area contributed by atoms with Crippen molar-refractivity contribution >= 4 is 21.6 Å². The molecule has 0 radical (unpaired) electrons. The molecule has 1 amide bonds. The lowest BCUT2D eigenvalue weighted by molar-refractivity contribution is -0.0440.